The fourth-order valence-electron chi connectivity index (χ4n) is 5.28. The van der Waals surface area contributed by atoms with Crippen LogP contribution in [0.15, 0.2) is 12.4 Å². The molecule has 0 radical (unpaired) electrons. The van der Waals surface area contributed by atoms with Gasteiger partial charge in [-0.3, -0.25) is 0 Å². The first kappa shape index (κ1) is 30.4. The first-order chi connectivity index (χ1) is 16.3. The summed E-state index contributed by atoms with van der Waals surface area (Å²) in [6.07, 6.45) is 38.1. The van der Waals surface area contributed by atoms with Crippen LogP contribution in [0, 0.1) is 0 Å². The highest BCUT2D eigenvalue weighted by atomic mass is 15.4. The van der Waals surface area contributed by atoms with Gasteiger partial charge in [0, 0.05) is 25.5 Å². The number of hydrogen-bond donors (Lipinski definition) is 0. The minimum absolute atomic E-state index is 0.643. The highest BCUT2D eigenvalue weighted by Gasteiger charge is 2.24. The summed E-state index contributed by atoms with van der Waals surface area (Å²) in [6.45, 7) is 9.42. The highest BCUT2D eigenvalue weighted by molar-refractivity contribution is 4.96. The Bertz CT molecular complexity index is 419. The number of hydrogen-bond acceptors (Lipinski definition) is 2. The lowest BCUT2D eigenvalue weighted by atomic mass is 10.0. The third-order valence-electron chi connectivity index (χ3n) is 7.57. The van der Waals surface area contributed by atoms with Gasteiger partial charge >= 0.3 is 0 Å². The van der Waals surface area contributed by atoms with Gasteiger partial charge in [-0.1, -0.05) is 143 Å². The summed E-state index contributed by atoms with van der Waals surface area (Å²) < 4.78 is 0. The maximum absolute atomic E-state index is 2.65. The van der Waals surface area contributed by atoms with Crippen LogP contribution in [0.5, 0.6) is 0 Å². The quantitative estimate of drug-likeness (QED) is 0.124. The zero-order chi connectivity index (χ0) is 23.8. The molecule has 0 N–H and O–H groups in total. The Morgan fingerprint density at radius 1 is 0.394 bits per heavy atom. The van der Waals surface area contributed by atoms with E-state index in [1.54, 1.807) is 0 Å². The molecule has 2 nitrogen and oxygen atoms in total. The minimum atomic E-state index is 0.643. The average molecular weight is 463 g/mol. The molecule has 0 saturated carbocycles. The van der Waals surface area contributed by atoms with Crippen LogP contribution in [0.3, 0.4) is 0 Å². The molecule has 0 saturated heterocycles. The summed E-state index contributed by atoms with van der Waals surface area (Å²) in [5, 5.41) is 0. The van der Waals surface area contributed by atoms with Crippen molar-refractivity contribution in [2.45, 2.75) is 175 Å². The van der Waals surface area contributed by atoms with Crippen molar-refractivity contribution in [2.75, 3.05) is 13.1 Å². The van der Waals surface area contributed by atoms with Gasteiger partial charge in [0.25, 0.3) is 0 Å². The maximum atomic E-state index is 2.65. The Labute approximate surface area is 210 Å². The molecule has 1 unspecified atom stereocenters. The predicted octanol–water partition coefficient (Wildman–Crippen LogP) is 10.4. The molecule has 0 fully saturated rings. The molecule has 1 heterocycles. The third-order valence-corrected chi connectivity index (χ3v) is 7.57. The van der Waals surface area contributed by atoms with Gasteiger partial charge in [0.1, 0.15) is 6.17 Å². The summed E-state index contributed by atoms with van der Waals surface area (Å²) >= 11 is 0. The second kappa shape index (κ2) is 23.1. The first-order valence-corrected chi connectivity index (χ1v) is 15.5. The number of unbranched alkanes of at least 4 members (excludes halogenated alkanes) is 19. The van der Waals surface area contributed by atoms with E-state index >= 15 is 0 Å². The van der Waals surface area contributed by atoms with E-state index in [0.717, 1.165) is 0 Å². The van der Waals surface area contributed by atoms with Gasteiger partial charge in [-0.05, 0) is 25.7 Å². The molecule has 0 aromatic heterocycles. The molecule has 0 aliphatic carbocycles. The van der Waals surface area contributed by atoms with Crippen LogP contribution in [0.25, 0.3) is 0 Å². The molecule has 1 aliphatic rings. The van der Waals surface area contributed by atoms with Crippen molar-refractivity contribution in [3.8, 4) is 0 Å². The molecule has 2 heteroatoms. The Morgan fingerprint density at radius 3 is 1.15 bits per heavy atom. The molecule has 1 rings (SSSR count). The van der Waals surface area contributed by atoms with Gasteiger partial charge in [0.15, 0.2) is 0 Å². The molecule has 1 atom stereocenters. The Kier molecular flexibility index (Phi) is 21.3. The van der Waals surface area contributed by atoms with E-state index in [1.165, 1.54) is 161 Å². The Morgan fingerprint density at radius 2 is 0.727 bits per heavy atom. The van der Waals surface area contributed by atoms with E-state index < -0.39 is 0 Å². The summed E-state index contributed by atoms with van der Waals surface area (Å²) in [6, 6.07) is 0. The lowest BCUT2D eigenvalue weighted by molar-refractivity contribution is 0.136. The number of rotatable bonds is 25. The molecule has 0 spiro atoms. The molecule has 196 valence electrons. The van der Waals surface area contributed by atoms with Gasteiger partial charge in [-0.25, -0.2) is 0 Å². The smallest absolute Gasteiger partial charge is 0.101 e. The molecular weight excluding hydrogens is 400 g/mol. The molecule has 0 amide bonds. The molecule has 0 aromatic carbocycles. The van der Waals surface area contributed by atoms with Crippen molar-refractivity contribution in [1.29, 1.82) is 0 Å². The van der Waals surface area contributed by atoms with E-state index in [1.807, 2.05) is 0 Å². The van der Waals surface area contributed by atoms with Crippen LogP contribution in [0.4, 0.5) is 0 Å². The topological polar surface area (TPSA) is 6.48 Å². The molecule has 1 aliphatic heterocycles. The zero-order valence-corrected chi connectivity index (χ0v) is 23.3. The maximum Gasteiger partial charge on any atom is 0.101 e. The van der Waals surface area contributed by atoms with Crippen LogP contribution in [0.1, 0.15) is 168 Å². The standard InChI is InChI=1S/C31H62N2/c1-4-7-10-11-12-13-14-15-16-17-18-19-20-21-22-23-25-28-33-30-29-32(27-9-6-3)31(33)26-24-8-5-2/h29-31H,4-28H2,1-3H3. The van der Waals surface area contributed by atoms with Crippen LogP contribution >= 0.6 is 0 Å². The molecule has 33 heavy (non-hydrogen) atoms. The fourth-order valence-corrected chi connectivity index (χ4v) is 5.28. The van der Waals surface area contributed by atoms with Crippen LogP contribution in [-0.4, -0.2) is 29.1 Å². The lowest BCUT2D eigenvalue weighted by Gasteiger charge is -2.33. The van der Waals surface area contributed by atoms with E-state index in [-0.39, 0.29) is 0 Å². The Balaban J connectivity index is 1.93. The van der Waals surface area contributed by atoms with Crippen LogP contribution in [-0.2, 0) is 0 Å². The highest BCUT2D eigenvalue weighted by Crippen LogP contribution is 2.23. The van der Waals surface area contributed by atoms with Crippen molar-refractivity contribution >= 4 is 0 Å². The van der Waals surface area contributed by atoms with Crippen LogP contribution < -0.4 is 0 Å². The SMILES string of the molecule is CCCCCCCCCCCCCCCCCCCN1C=CN(CCCC)C1CCCCC. The van der Waals surface area contributed by atoms with E-state index in [4.69, 9.17) is 0 Å². The third kappa shape index (κ3) is 16.6. The van der Waals surface area contributed by atoms with Crippen molar-refractivity contribution < 1.29 is 0 Å². The van der Waals surface area contributed by atoms with Gasteiger partial charge in [-0.2, -0.15) is 0 Å². The van der Waals surface area contributed by atoms with E-state index in [2.05, 4.69) is 43.0 Å². The van der Waals surface area contributed by atoms with E-state index in [0.29, 0.717) is 6.17 Å². The average Bonchev–Trinajstić information content (AvgIpc) is 3.21. The summed E-state index contributed by atoms with van der Waals surface area (Å²) in [5.74, 6) is 0. The number of nitrogens with zero attached hydrogens (tertiary/aromatic N) is 2. The largest absolute Gasteiger partial charge is 0.356 e. The summed E-state index contributed by atoms with van der Waals surface area (Å²) in [7, 11) is 0. The summed E-state index contributed by atoms with van der Waals surface area (Å²) in [5.41, 5.74) is 0. The second-order valence-electron chi connectivity index (χ2n) is 10.8. The summed E-state index contributed by atoms with van der Waals surface area (Å²) in [4.78, 5) is 5.27. The second-order valence-corrected chi connectivity index (χ2v) is 10.8. The monoisotopic (exact) mass is 462 g/mol. The van der Waals surface area contributed by atoms with Crippen LogP contribution in [0.2, 0.25) is 0 Å². The predicted molar refractivity (Wildman–Crippen MR) is 150 cm³/mol. The van der Waals surface area contributed by atoms with Crippen molar-refractivity contribution in [2.24, 2.45) is 0 Å². The molecule has 0 bridgehead atoms. The van der Waals surface area contributed by atoms with Crippen molar-refractivity contribution in [1.82, 2.24) is 9.80 Å². The van der Waals surface area contributed by atoms with E-state index in [9.17, 15) is 0 Å². The van der Waals surface area contributed by atoms with Crippen molar-refractivity contribution in [3.63, 3.8) is 0 Å². The minimum Gasteiger partial charge on any atom is -0.356 e. The zero-order valence-electron chi connectivity index (χ0n) is 23.3. The van der Waals surface area contributed by atoms with Gasteiger partial charge in [0.2, 0.25) is 0 Å². The first-order valence-electron chi connectivity index (χ1n) is 15.5. The van der Waals surface area contributed by atoms with Gasteiger partial charge < -0.3 is 9.80 Å². The molecular formula is C31H62N2. The lowest BCUT2D eigenvalue weighted by Crippen LogP contribution is -2.39. The normalized spacial score (nSPS) is 15.8. The van der Waals surface area contributed by atoms with Crippen molar-refractivity contribution in [3.05, 3.63) is 12.4 Å². The molecule has 0 aromatic rings. The Hall–Kier alpha value is -0.660. The fraction of sp³-hybridized carbons (Fsp3) is 0.935. The van der Waals surface area contributed by atoms with Gasteiger partial charge in [0.05, 0.1) is 0 Å². The van der Waals surface area contributed by atoms with Gasteiger partial charge in [-0.15, -0.1) is 0 Å².